The van der Waals surface area contributed by atoms with Gasteiger partial charge in [-0.25, -0.2) is 4.98 Å². The van der Waals surface area contributed by atoms with Gasteiger partial charge in [-0.3, -0.25) is 0 Å². The molecule has 5 heteroatoms. The maximum Gasteiger partial charge on any atom is 0.132 e. The van der Waals surface area contributed by atoms with Gasteiger partial charge in [0, 0.05) is 11.8 Å². The Labute approximate surface area is 70.2 Å². The molecule has 1 rings (SSSR count). The maximum atomic E-state index is 8.13. The van der Waals surface area contributed by atoms with Crippen LogP contribution in [-0.2, 0) is 0 Å². The second-order valence-corrected chi connectivity index (χ2v) is 1.72. The smallest absolute Gasteiger partial charge is 0.132 e. The molecule has 0 saturated heterocycles. The molecule has 0 unspecified atom stereocenters. The zero-order valence-electron chi connectivity index (χ0n) is 5.64. The Hall–Kier alpha value is -1.29. The summed E-state index contributed by atoms with van der Waals surface area (Å²) in [5.41, 5.74) is 6.01. The largest absolute Gasteiger partial charge is 0.411 e. The van der Waals surface area contributed by atoms with Crippen LogP contribution in [0, 0.1) is 0 Å². The summed E-state index contributed by atoms with van der Waals surface area (Å²) < 4.78 is 0. The molecule has 1 aromatic heterocycles. The molecule has 0 aliphatic rings. The molecule has 0 bridgehead atoms. The number of anilines is 1. The summed E-state index contributed by atoms with van der Waals surface area (Å²) in [6, 6.07) is 3.43. The fraction of sp³-hybridized carbons (Fsp3) is 0. The molecule has 0 radical (unpaired) electrons. The van der Waals surface area contributed by atoms with E-state index in [1.807, 2.05) is 0 Å². The number of hydrogen-bond acceptors (Lipinski definition) is 4. The van der Waals surface area contributed by atoms with Crippen LogP contribution in [0.4, 0.5) is 5.82 Å². The van der Waals surface area contributed by atoms with Gasteiger partial charge in [0.25, 0.3) is 0 Å². The summed E-state index contributed by atoms with van der Waals surface area (Å²) in [4.78, 5) is 3.77. The van der Waals surface area contributed by atoms with Crippen LogP contribution in [0.15, 0.2) is 23.5 Å². The molecule has 4 nitrogen and oxygen atoms in total. The Morgan fingerprint density at radius 3 is 2.91 bits per heavy atom. The van der Waals surface area contributed by atoms with Gasteiger partial charge in [-0.1, -0.05) is 5.16 Å². The van der Waals surface area contributed by atoms with Gasteiger partial charge >= 0.3 is 0 Å². The molecule has 0 atom stereocenters. The van der Waals surface area contributed by atoms with Crippen LogP contribution in [0.25, 0.3) is 0 Å². The van der Waals surface area contributed by atoms with Crippen molar-refractivity contribution in [3.05, 3.63) is 23.9 Å². The number of halogens is 1. The third-order valence-electron chi connectivity index (χ3n) is 1.07. The van der Waals surface area contributed by atoms with Crippen molar-refractivity contribution < 1.29 is 5.21 Å². The second kappa shape index (κ2) is 4.51. The third kappa shape index (κ3) is 2.43. The highest BCUT2D eigenvalue weighted by Gasteiger charge is 1.92. The molecule has 11 heavy (non-hydrogen) atoms. The van der Waals surface area contributed by atoms with E-state index in [0.29, 0.717) is 11.4 Å². The van der Waals surface area contributed by atoms with Crippen molar-refractivity contribution in [2.45, 2.75) is 0 Å². The number of nitrogens with two attached hydrogens (primary N) is 1. The highest BCUT2D eigenvalue weighted by molar-refractivity contribution is 5.85. The summed E-state index contributed by atoms with van der Waals surface area (Å²) in [6.45, 7) is 0. The summed E-state index contributed by atoms with van der Waals surface area (Å²) in [5.74, 6) is 0.361. The Kier molecular flexibility index (Phi) is 3.98. The van der Waals surface area contributed by atoms with Gasteiger partial charge in [0.1, 0.15) is 5.82 Å². The quantitative estimate of drug-likeness (QED) is 0.377. The zero-order chi connectivity index (χ0) is 7.40. The van der Waals surface area contributed by atoms with E-state index in [2.05, 4.69) is 10.1 Å². The Morgan fingerprint density at radius 1 is 1.64 bits per heavy atom. The van der Waals surface area contributed by atoms with Crippen LogP contribution in [0.1, 0.15) is 5.56 Å². The second-order valence-electron chi connectivity index (χ2n) is 1.72. The number of rotatable bonds is 1. The topological polar surface area (TPSA) is 71.5 Å². The molecular weight excluding hydrogens is 166 g/mol. The van der Waals surface area contributed by atoms with E-state index >= 15 is 0 Å². The lowest BCUT2D eigenvalue weighted by atomic mass is 10.3. The zero-order valence-corrected chi connectivity index (χ0v) is 6.45. The predicted octanol–water partition coefficient (Wildman–Crippen LogP) is 0.894. The van der Waals surface area contributed by atoms with Crippen molar-refractivity contribution in [3.63, 3.8) is 0 Å². The number of aromatic nitrogens is 1. The number of oxime groups is 1. The standard InChI is InChI=1S/C6H7N3O.ClH/c7-6-5(4-9-10)2-1-3-8-6;/h1-4,10H,(H2,7,8);1H/b9-4+;. The fourth-order valence-electron chi connectivity index (χ4n) is 0.601. The predicted molar refractivity (Wildman–Crippen MR) is 45.3 cm³/mol. The monoisotopic (exact) mass is 173 g/mol. The minimum absolute atomic E-state index is 0. The molecule has 0 fully saturated rings. The average Bonchev–Trinajstić information content (AvgIpc) is 1.94. The molecule has 1 aromatic rings. The van der Waals surface area contributed by atoms with Crippen LogP contribution in [-0.4, -0.2) is 16.4 Å². The van der Waals surface area contributed by atoms with Gasteiger partial charge < -0.3 is 10.9 Å². The fourth-order valence-corrected chi connectivity index (χ4v) is 0.601. The van der Waals surface area contributed by atoms with Crippen LogP contribution in [0.2, 0.25) is 0 Å². The number of nitrogens with zero attached hydrogens (tertiary/aromatic N) is 2. The van der Waals surface area contributed by atoms with Crippen molar-refractivity contribution in [3.8, 4) is 0 Å². The first-order valence-electron chi connectivity index (χ1n) is 2.72. The molecule has 60 valence electrons. The molecule has 0 spiro atoms. The van der Waals surface area contributed by atoms with Crippen molar-refractivity contribution in [2.75, 3.05) is 5.73 Å². The van der Waals surface area contributed by atoms with Gasteiger partial charge in [-0.15, -0.1) is 12.4 Å². The minimum atomic E-state index is 0. The lowest BCUT2D eigenvalue weighted by Gasteiger charge is -1.93. The van der Waals surface area contributed by atoms with Crippen molar-refractivity contribution in [1.29, 1.82) is 0 Å². The van der Waals surface area contributed by atoms with E-state index in [1.54, 1.807) is 18.3 Å². The van der Waals surface area contributed by atoms with E-state index in [1.165, 1.54) is 6.21 Å². The van der Waals surface area contributed by atoms with Gasteiger partial charge in [-0.2, -0.15) is 0 Å². The molecule has 0 aliphatic carbocycles. The van der Waals surface area contributed by atoms with Crippen LogP contribution < -0.4 is 5.73 Å². The van der Waals surface area contributed by atoms with E-state index < -0.39 is 0 Å². The lowest BCUT2D eigenvalue weighted by molar-refractivity contribution is 0.322. The SMILES string of the molecule is Cl.Nc1ncccc1/C=N/O. The molecule has 3 N–H and O–H groups in total. The molecule has 0 amide bonds. The lowest BCUT2D eigenvalue weighted by Crippen LogP contribution is -1.95. The first-order chi connectivity index (χ1) is 4.84. The minimum Gasteiger partial charge on any atom is -0.411 e. The first-order valence-corrected chi connectivity index (χ1v) is 2.72. The molecule has 0 saturated carbocycles. The third-order valence-corrected chi connectivity index (χ3v) is 1.07. The van der Waals surface area contributed by atoms with Crippen molar-refractivity contribution >= 4 is 24.4 Å². The molecular formula is C6H8ClN3O. The van der Waals surface area contributed by atoms with Crippen LogP contribution >= 0.6 is 12.4 Å². The highest BCUT2D eigenvalue weighted by atomic mass is 35.5. The summed E-state index contributed by atoms with van der Waals surface area (Å²) >= 11 is 0. The summed E-state index contributed by atoms with van der Waals surface area (Å²) in [6.07, 6.45) is 2.81. The van der Waals surface area contributed by atoms with Crippen LogP contribution in [0.5, 0.6) is 0 Å². The van der Waals surface area contributed by atoms with Gasteiger partial charge in [0.15, 0.2) is 0 Å². The van der Waals surface area contributed by atoms with E-state index in [-0.39, 0.29) is 12.4 Å². The van der Waals surface area contributed by atoms with Gasteiger partial charge in [0.2, 0.25) is 0 Å². The summed E-state index contributed by atoms with van der Waals surface area (Å²) in [7, 11) is 0. The van der Waals surface area contributed by atoms with Gasteiger partial charge in [0.05, 0.1) is 6.21 Å². The Morgan fingerprint density at radius 2 is 2.36 bits per heavy atom. The molecule has 0 aromatic carbocycles. The van der Waals surface area contributed by atoms with Crippen LogP contribution in [0.3, 0.4) is 0 Å². The number of pyridine rings is 1. The van der Waals surface area contributed by atoms with E-state index in [0.717, 1.165) is 0 Å². The van der Waals surface area contributed by atoms with Gasteiger partial charge in [-0.05, 0) is 12.1 Å². The first kappa shape index (κ1) is 9.71. The Bertz CT molecular complexity index is 251. The van der Waals surface area contributed by atoms with E-state index in [4.69, 9.17) is 10.9 Å². The summed E-state index contributed by atoms with van der Waals surface area (Å²) in [5, 5.41) is 11.0. The van der Waals surface area contributed by atoms with E-state index in [9.17, 15) is 0 Å². The van der Waals surface area contributed by atoms with Crippen molar-refractivity contribution in [1.82, 2.24) is 4.98 Å². The Balaban J connectivity index is 0.000001000. The molecule has 1 heterocycles. The average molecular weight is 174 g/mol. The molecule has 0 aliphatic heterocycles. The van der Waals surface area contributed by atoms with Crippen molar-refractivity contribution in [2.24, 2.45) is 5.16 Å². The maximum absolute atomic E-state index is 8.13. The normalized spacial score (nSPS) is 9.45. The highest BCUT2D eigenvalue weighted by Crippen LogP contribution is 2.01. The number of nitrogen functional groups attached to an aromatic ring is 1. The number of hydrogen-bond donors (Lipinski definition) is 2.